The number of ether oxygens (including phenoxy) is 1. The van der Waals surface area contributed by atoms with Crippen molar-refractivity contribution >= 4 is 39.0 Å². The van der Waals surface area contributed by atoms with E-state index < -0.39 is 5.82 Å². The minimum atomic E-state index is -0.483. The van der Waals surface area contributed by atoms with Crippen molar-refractivity contribution in [3.63, 3.8) is 0 Å². The van der Waals surface area contributed by atoms with E-state index in [0.717, 1.165) is 11.1 Å². The quantitative estimate of drug-likeness (QED) is 0.344. The third-order valence-electron chi connectivity index (χ3n) is 4.26. The molecule has 4 aromatic rings. The van der Waals surface area contributed by atoms with E-state index >= 15 is 0 Å². The Morgan fingerprint density at radius 1 is 1.20 bits per heavy atom. The molecule has 0 aliphatic heterocycles. The predicted molar refractivity (Wildman–Crippen MR) is 115 cm³/mol. The van der Waals surface area contributed by atoms with Gasteiger partial charge in [0.1, 0.15) is 28.1 Å². The average Bonchev–Trinajstić information content (AvgIpc) is 3.09. The van der Waals surface area contributed by atoms with Gasteiger partial charge in [0.05, 0.1) is 23.1 Å². The second-order valence-electron chi connectivity index (χ2n) is 6.23. The third-order valence-corrected chi connectivity index (χ3v) is 5.75. The van der Waals surface area contributed by atoms with Gasteiger partial charge in [0.25, 0.3) is 0 Å². The van der Waals surface area contributed by atoms with E-state index in [2.05, 4.69) is 20.2 Å². The summed E-state index contributed by atoms with van der Waals surface area (Å²) < 4.78 is 19.6. The Morgan fingerprint density at radius 2 is 2.03 bits per heavy atom. The highest BCUT2D eigenvalue weighted by molar-refractivity contribution is 7.23. The number of halogens is 2. The summed E-state index contributed by atoms with van der Waals surface area (Å²) in [6.07, 6.45) is 1.33. The number of benzene rings is 2. The maximum absolute atomic E-state index is 13.3. The molecule has 2 heterocycles. The summed E-state index contributed by atoms with van der Waals surface area (Å²) >= 11 is 7.11. The van der Waals surface area contributed by atoms with Crippen molar-refractivity contribution in [3.8, 4) is 21.9 Å². The number of para-hydroxylation sites is 1. The number of aromatic nitrogens is 2. The van der Waals surface area contributed by atoms with Crippen LogP contribution in [0.4, 0.5) is 10.2 Å². The summed E-state index contributed by atoms with van der Waals surface area (Å²) in [5.41, 5.74) is 1.88. The number of fused-ring (bicyclic) bond motifs is 1. The maximum atomic E-state index is 13.3. The first-order chi connectivity index (χ1) is 14.6. The van der Waals surface area contributed by atoms with E-state index in [-0.39, 0.29) is 17.3 Å². The summed E-state index contributed by atoms with van der Waals surface area (Å²) in [6.45, 7) is 2.62. The van der Waals surface area contributed by atoms with Crippen LogP contribution in [0.2, 0.25) is 5.02 Å². The number of nitrogens with zero attached hydrogens (tertiary/aromatic N) is 4. The Kier molecular flexibility index (Phi) is 5.87. The second-order valence-corrected chi connectivity index (χ2v) is 7.66. The van der Waals surface area contributed by atoms with Crippen LogP contribution in [0.25, 0.3) is 20.7 Å². The number of azo groups is 1. The molecule has 0 radical (unpaired) electrons. The molecular formula is C21H16ClFN4O2S. The lowest BCUT2D eigenvalue weighted by atomic mass is 10.1. The first-order valence-corrected chi connectivity index (χ1v) is 10.3. The highest BCUT2D eigenvalue weighted by Crippen LogP contribution is 2.47. The number of hydrogen-bond donors (Lipinski definition) is 1. The Balaban J connectivity index is 1.69. The van der Waals surface area contributed by atoms with E-state index in [1.807, 2.05) is 31.2 Å². The molecule has 0 fully saturated rings. The zero-order chi connectivity index (χ0) is 21.1. The van der Waals surface area contributed by atoms with Gasteiger partial charge in [0.2, 0.25) is 0 Å². The smallest absolute Gasteiger partial charge is 0.195 e. The molecule has 0 saturated heterocycles. The zero-order valence-electron chi connectivity index (χ0n) is 15.8. The second kappa shape index (κ2) is 8.73. The van der Waals surface area contributed by atoms with Crippen molar-refractivity contribution in [2.75, 3.05) is 6.61 Å². The summed E-state index contributed by atoms with van der Waals surface area (Å²) in [5, 5.41) is 19.1. The summed E-state index contributed by atoms with van der Waals surface area (Å²) in [5.74, 6) is 0.579. The normalized spacial score (nSPS) is 11.4. The van der Waals surface area contributed by atoms with Crippen LogP contribution in [0.5, 0.6) is 11.5 Å². The Hall–Kier alpha value is -3.10. The monoisotopic (exact) mass is 442 g/mol. The van der Waals surface area contributed by atoms with Gasteiger partial charge < -0.3 is 9.84 Å². The lowest BCUT2D eigenvalue weighted by Crippen LogP contribution is -1.92. The van der Waals surface area contributed by atoms with Crippen molar-refractivity contribution in [1.82, 2.24) is 9.97 Å². The zero-order valence-corrected chi connectivity index (χ0v) is 17.4. The van der Waals surface area contributed by atoms with Gasteiger partial charge in [-0.05, 0) is 36.8 Å². The van der Waals surface area contributed by atoms with E-state index in [0.29, 0.717) is 33.3 Å². The molecule has 2 aromatic carbocycles. The summed E-state index contributed by atoms with van der Waals surface area (Å²) in [7, 11) is 0. The lowest BCUT2D eigenvalue weighted by Gasteiger charge is -2.08. The van der Waals surface area contributed by atoms with Crippen molar-refractivity contribution in [2.45, 2.75) is 13.5 Å². The summed E-state index contributed by atoms with van der Waals surface area (Å²) in [6, 6.07) is 11.9. The minimum Gasteiger partial charge on any atom is -0.504 e. The van der Waals surface area contributed by atoms with E-state index in [1.54, 1.807) is 6.07 Å². The molecule has 0 amide bonds. The lowest BCUT2D eigenvalue weighted by molar-refractivity contribution is 0.341. The van der Waals surface area contributed by atoms with Crippen LogP contribution < -0.4 is 4.74 Å². The topological polar surface area (TPSA) is 80.0 Å². The fourth-order valence-electron chi connectivity index (χ4n) is 2.90. The highest BCUT2D eigenvalue weighted by Gasteiger charge is 2.20. The number of hydrogen-bond acceptors (Lipinski definition) is 7. The summed E-state index contributed by atoms with van der Waals surface area (Å²) in [4.78, 5) is 9.01. The Labute approximate surface area is 180 Å². The van der Waals surface area contributed by atoms with Crippen LogP contribution in [-0.4, -0.2) is 21.7 Å². The first-order valence-electron chi connectivity index (χ1n) is 9.08. The van der Waals surface area contributed by atoms with Gasteiger partial charge in [-0.25, -0.2) is 14.4 Å². The van der Waals surface area contributed by atoms with E-state index in [1.165, 1.54) is 29.8 Å². The van der Waals surface area contributed by atoms with Gasteiger partial charge in [-0.3, -0.25) is 0 Å². The van der Waals surface area contributed by atoms with E-state index in [4.69, 9.17) is 16.3 Å². The molecule has 9 heteroatoms. The molecule has 0 spiro atoms. The average molecular weight is 443 g/mol. The molecule has 0 unspecified atom stereocenters. The van der Waals surface area contributed by atoms with Gasteiger partial charge in [-0.1, -0.05) is 29.8 Å². The van der Waals surface area contributed by atoms with Crippen molar-refractivity contribution in [3.05, 3.63) is 65.2 Å². The molecule has 0 saturated carbocycles. The Morgan fingerprint density at radius 3 is 2.83 bits per heavy atom. The molecule has 30 heavy (non-hydrogen) atoms. The van der Waals surface area contributed by atoms with Gasteiger partial charge in [0.15, 0.2) is 11.6 Å². The van der Waals surface area contributed by atoms with Gasteiger partial charge in [-0.15, -0.1) is 16.5 Å². The largest absolute Gasteiger partial charge is 0.504 e. The van der Waals surface area contributed by atoms with Crippen LogP contribution >= 0.6 is 22.9 Å². The number of aromatic hydroxyl groups is 1. The van der Waals surface area contributed by atoms with Crippen LogP contribution in [0.1, 0.15) is 12.5 Å². The molecule has 0 aliphatic rings. The fourth-order valence-corrected chi connectivity index (χ4v) is 4.21. The Bertz CT molecular complexity index is 1250. The molecule has 0 bridgehead atoms. The molecule has 0 atom stereocenters. The van der Waals surface area contributed by atoms with Crippen molar-refractivity contribution in [2.24, 2.45) is 10.2 Å². The number of thiophene rings is 1. The van der Waals surface area contributed by atoms with Gasteiger partial charge in [-0.2, -0.15) is 5.11 Å². The predicted octanol–water partition coefficient (Wildman–Crippen LogP) is 6.54. The van der Waals surface area contributed by atoms with Gasteiger partial charge >= 0.3 is 0 Å². The van der Waals surface area contributed by atoms with E-state index in [9.17, 15) is 9.50 Å². The van der Waals surface area contributed by atoms with Gasteiger partial charge in [0, 0.05) is 5.56 Å². The molecule has 1 N–H and O–H groups in total. The molecule has 152 valence electrons. The molecule has 4 rings (SSSR count). The van der Waals surface area contributed by atoms with Crippen LogP contribution in [0.15, 0.2) is 59.0 Å². The molecular weight excluding hydrogens is 427 g/mol. The van der Waals surface area contributed by atoms with Crippen LogP contribution in [0.3, 0.4) is 0 Å². The highest BCUT2D eigenvalue weighted by atomic mass is 35.5. The van der Waals surface area contributed by atoms with Crippen LogP contribution in [0, 0.1) is 5.82 Å². The molecule has 2 aromatic heterocycles. The molecule has 6 nitrogen and oxygen atoms in total. The minimum absolute atomic E-state index is 0.0351. The van der Waals surface area contributed by atoms with Crippen molar-refractivity contribution in [1.29, 1.82) is 0 Å². The number of rotatable bonds is 6. The SMILES string of the molecule is CCOc1ccccc1-c1sc2c(N=NCc3ccc(F)c(Cl)c3)ncnc2c1O. The van der Waals surface area contributed by atoms with Crippen LogP contribution in [-0.2, 0) is 6.54 Å². The molecule has 0 aliphatic carbocycles. The first kappa shape index (κ1) is 20.2. The maximum Gasteiger partial charge on any atom is 0.195 e. The standard InChI is InChI=1S/C21H16ClFN4O2S/c1-2-29-16-6-4-3-5-13(16)19-18(28)17-20(30-19)21(25-11-24-17)27-26-10-12-7-8-15(23)14(22)9-12/h3-9,11,28H,2,10H2,1H3. The van der Waals surface area contributed by atoms with Crippen molar-refractivity contribution < 1.29 is 14.2 Å². The fraction of sp³-hybridized carbons (Fsp3) is 0.143. The third kappa shape index (κ3) is 3.96.